The van der Waals surface area contributed by atoms with Crippen LogP contribution >= 0.6 is 0 Å². The van der Waals surface area contributed by atoms with Gasteiger partial charge in [0, 0.05) is 5.70 Å². The maximum atomic E-state index is 4.06. The Balaban J connectivity index is 2.76. The van der Waals surface area contributed by atoms with Crippen molar-refractivity contribution in [3.8, 4) is 0 Å². The minimum atomic E-state index is -1.27. The van der Waals surface area contributed by atoms with Crippen LogP contribution in [0.15, 0.2) is 30.8 Å². The lowest BCUT2D eigenvalue weighted by Gasteiger charge is -2.21. The molecule has 0 heterocycles. The second kappa shape index (κ2) is 4.01. The summed E-state index contributed by atoms with van der Waals surface area (Å²) in [5.41, 5.74) is 3.52. The summed E-state index contributed by atoms with van der Waals surface area (Å²) in [6.45, 7) is 13.0. The van der Waals surface area contributed by atoms with Gasteiger partial charge >= 0.3 is 0 Å². The number of aryl methyl sites for hydroxylation is 1. The summed E-state index contributed by atoms with van der Waals surface area (Å²) in [5, 5.41) is 0. The van der Waals surface area contributed by atoms with E-state index in [2.05, 4.69) is 62.4 Å². The lowest BCUT2D eigenvalue weighted by atomic mass is 10.1. The zero-order chi connectivity index (χ0) is 10.8. The van der Waals surface area contributed by atoms with E-state index >= 15 is 0 Å². The van der Waals surface area contributed by atoms with E-state index < -0.39 is 8.24 Å². The van der Waals surface area contributed by atoms with E-state index in [9.17, 15) is 0 Å². The topological polar surface area (TPSA) is 12.0 Å². The van der Waals surface area contributed by atoms with Crippen LogP contribution in [0.5, 0.6) is 0 Å². The first-order valence-corrected chi connectivity index (χ1v) is 8.42. The highest BCUT2D eigenvalue weighted by molar-refractivity contribution is 6.74. The third-order valence-corrected chi connectivity index (χ3v) is 2.98. The fourth-order valence-corrected chi connectivity index (χ4v) is 2.33. The monoisotopic (exact) mass is 205 g/mol. The molecule has 0 saturated heterocycles. The van der Waals surface area contributed by atoms with Crippen molar-refractivity contribution < 1.29 is 0 Å². The van der Waals surface area contributed by atoms with Gasteiger partial charge in [0.15, 0.2) is 0 Å². The van der Waals surface area contributed by atoms with Crippen molar-refractivity contribution in [1.82, 2.24) is 4.98 Å². The molecule has 0 aromatic heterocycles. The summed E-state index contributed by atoms with van der Waals surface area (Å²) in [6, 6.07) is 8.47. The number of benzene rings is 1. The van der Waals surface area contributed by atoms with Crippen LogP contribution in [0.2, 0.25) is 19.6 Å². The molecule has 1 rings (SSSR count). The van der Waals surface area contributed by atoms with Gasteiger partial charge in [-0.2, -0.15) is 0 Å². The van der Waals surface area contributed by atoms with E-state index in [1.54, 1.807) is 0 Å². The molecule has 0 unspecified atom stereocenters. The Bertz CT molecular complexity index is 319. The molecule has 0 amide bonds. The Morgan fingerprint density at radius 3 is 2.07 bits per heavy atom. The highest BCUT2D eigenvalue weighted by Gasteiger charge is 2.13. The first kappa shape index (κ1) is 11.1. The normalized spacial score (nSPS) is 11.1. The fraction of sp³-hybridized carbons (Fsp3) is 0.333. The van der Waals surface area contributed by atoms with Gasteiger partial charge in [0.25, 0.3) is 0 Å². The second-order valence-corrected chi connectivity index (χ2v) is 9.47. The summed E-state index contributed by atoms with van der Waals surface area (Å²) in [5.74, 6) is 0. The Kier molecular flexibility index (Phi) is 3.16. The molecule has 0 aliphatic carbocycles. The van der Waals surface area contributed by atoms with Gasteiger partial charge < -0.3 is 4.98 Å². The number of rotatable bonds is 3. The van der Waals surface area contributed by atoms with Gasteiger partial charge in [-0.25, -0.2) is 0 Å². The van der Waals surface area contributed by atoms with E-state index in [0.29, 0.717) is 0 Å². The van der Waals surface area contributed by atoms with Gasteiger partial charge in [-0.1, -0.05) is 56.0 Å². The predicted octanol–water partition coefficient (Wildman–Crippen LogP) is 3.39. The van der Waals surface area contributed by atoms with Gasteiger partial charge in [0.05, 0.1) is 0 Å². The minimum Gasteiger partial charge on any atom is -0.411 e. The molecule has 0 atom stereocenters. The third kappa shape index (κ3) is 3.38. The van der Waals surface area contributed by atoms with Crippen LogP contribution in [0, 0.1) is 6.92 Å². The van der Waals surface area contributed by atoms with Crippen LogP contribution in [0.4, 0.5) is 0 Å². The lowest BCUT2D eigenvalue weighted by Crippen LogP contribution is -2.39. The van der Waals surface area contributed by atoms with E-state index in [4.69, 9.17) is 0 Å². The van der Waals surface area contributed by atoms with Crippen molar-refractivity contribution >= 4 is 13.9 Å². The molecule has 0 saturated carbocycles. The van der Waals surface area contributed by atoms with Crippen LogP contribution in [0.25, 0.3) is 5.70 Å². The highest BCUT2D eigenvalue weighted by atomic mass is 28.3. The van der Waals surface area contributed by atoms with E-state index in [-0.39, 0.29) is 0 Å². The summed E-state index contributed by atoms with van der Waals surface area (Å²) < 4.78 is 0. The molecule has 0 radical (unpaired) electrons. The molecule has 1 aromatic carbocycles. The third-order valence-electron chi connectivity index (χ3n) is 1.93. The van der Waals surface area contributed by atoms with E-state index in [1.807, 2.05) is 0 Å². The maximum absolute atomic E-state index is 4.06. The van der Waals surface area contributed by atoms with Gasteiger partial charge in [0.1, 0.15) is 8.24 Å². The van der Waals surface area contributed by atoms with Crippen LogP contribution in [-0.2, 0) is 0 Å². The van der Waals surface area contributed by atoms with Crippen LogP contribution in [0.3, 0.4) is 0 Å². The SMILES string of the molecule is C=C(N[Si](C)(C)C)c1ccc(C)cc1. The van der Waals surface area contributed by atoms with Crippen molar-refractivity contribution in [1.29, 1.82) is 0 Å². The van der Waals surface area contributed by atoms with Gasteiger partial charge in [-0.05, 0) is 12.5 Å². The van der Waals surface area contributed by atoms with Crippen molar-refractivity contribution in [2.45, 2.75) is 26.6 Å². The largest absolute Gasteiger partial charge is 0.411 e. The highest BCUT2D eigenvalue weighted by Crippen LogP contribution is 2.13. The zero-order valence-corrected chi connectivity index (χ0v) is 10.5. The molecule has 14 heavy (non-hydrogen) atoms. The summed E-state index contributed by atoms with van der Waals surface area (Å²) in [4.78, 5) is 3.50. The molecular formula is C12H19NSi. The molecule has 1 aromatic rings. The maximum Gasteiger partial charge on any atom is 0.144 e. The van der Waals surface area contributed by atoms with Crippen LogP contribution in [-0.4, -0.2) is 8.24 Å². The van der Waals surface area contributed by atoms with E-state index in [0.717, 1.165) is 5.70 Å². The zero-order valence-electron chi connectivity index (χ0n) is 9.52. The van der Waals surface area contributed by atoms with Gasteiger partial charge in [0.2, 0.25) is 0 Å². The molecule has 1 N–H and O–H groups in total. The smallest absolute Gasteiger partial charge is 0.144 e. The lowest BCUT2D eigenvalue weighted by molar-refractivity contribution is 1.27. The quantitative estimate of drug-likeness (QED) is 0.746. The Hall–Kier alpha value is -1.02. The summed E-state index contributed by atoms with van der Waals surface area (Å²) in [7, 11) is -1.27. The van der Waals surface area contributed by atoms with Crippen molar-refractivity contribution in [2.24, 2.45) is 0 Å². The van der Waals surface area contributed by atoms with Gasteiger partial charge in [-0.15, -0.1) is 0 Å². The first-order valence-electron chi connectivity index (χ1n) is 4.92. The Labute approximate surface area is 87.9 Å². The fourth-order valence-electron chi connectivity index (χ4n) is 1.28. The van der Waals surface area contributed by atoms with Crippen LogP contribution < -0.4 is 4.98 Å². The molecule has 0 spiro atoms. The van der Waals surface area contributed by atoms with E-state index in [1.165, 1.54) is 11.1 Å². The van der Waals surface area contributed by atoms with Crippen LogP contribution in [0.1, 0.15) is 11.1 Å². The molecule has 0 fully saturated rings. The van der Waals surface area contributed by atoms with Crippen molar-refractivity contribution in [3.05, 3.63) is 42.0 Å². The molecule has 0 bridgehead atoms. The molecule has 76 valence electrons. The van der Waals surface area contributed by atoms with Crippen molar-refractivity contribution in [2.75, 3.05) is 0 Å². The number of hydrogen-bond donors (Lipinski definition) is 1. The minimum absolute atomic E-state index is 1.05. The predicted molar refractivity (Wildman–Crippen MR) is 66.7 cm³/mol. The number of hydrogen-bond acceptors (Lipinski definition) is 1. The average molecular weight is 205 g/mol. The second-order valence-electron chi connectivity index (χ2n) is 4.72. The Morgan fingerprint density at radius 2 is 1.64 bits per heavy atom. The first-order chi connectivity index (χ1) is 6.38. The molecular weight excluding hydrogens is 186 g/mol. The summed E-state index contributed by atoms with van der Waals surface area (Å²) >= 11 is 0. The standard InChI is InChI=1S/C12H19NSi/c1-10-6-8-12(9-7-10)11(2)13-14(3,4)5/h6-9,13H,2H2,1,3-5H3. The van der Waals surface area contributed by atoms with Gasteiger partial charge in [-0.3, -0.25) is 0 Å². The molecule has 0 aliphatic rings. The van der Waals surface area contributed by atoms with Crippen molar-refractivity contribution in [3.63, 3.8) is 0 Å². The Morgan fingerprint density at radius 1 is 1.14 bits per heavy atom. The molecule has 0 aliphatic heterocycles. The summed E-state index contributed by atoms with van der Waals surface area (Å²) in [6.07, 6.45) is 0. The number of nitrogens with one attached hydrogen (secondary N) is 1. The molecule has 1 nitrogen and oxygen atoms in total. The average Bonchev–Trinajstić information content (AvgIpc) is 2.02. The molecule has 2 heteroatoms.